The Balaban J connectivity index is 2.22. The van der Waals surface area contributed by atoms with E-state index in [1.165, 1.54) is 0 Å². The number of hydrogen-bond donors (Lipinski definition) is 0. The molecule has 18 heavy (non-hydrogen) atoms. The Kier molecular flexibility index (Phi) is 3.57. The predicted octanol–water partition coefficient (Wildman–Crippen LogP) is 1.56. The monoisotopic (exact) mass is 266 g/mol. The van der Waals surface area contributed by atoms with Crippen molar-refractivity contribution in [3.63, 3.8) is 0 Å². The third-order valence-electron chi connectivity index (χ3n) is 3.24. The molecule has 2 amide bonds. The first-order valence-corrected chi connectivity index (χ1v) is 6.17. The second-order valence-corrected chi connectivity index (χ2v) is 4.86. The predicted molar refractivity (Wildman–Crippen MR) is 69.7 cm³/mol. The second kappa shape index (κ2) is 4.98. The van der Waals surface area contributed by atoms with Crippen molar-refractivity contribution in [1.29, 1.82) is 0 Å². The van der Waals surface area contributed by atoms with Crippen LogP contribution in [0.4, 0.5) is 0 Å². The fourth-order valence-corrected chi connectivity index (χ4v) is 2.12. The van der Waals surface area contributed by atoms with Crippen molar-refractivity contribution in [2.45, 2.75) is 6.92 Å². The number of hydrogen-bond acceptors (Lipinski definition) is 2. The number of piperazine rings is 1. The summed E-state index contributed by atoms with van der Waals surface area (Å²) in [6.07, 6.45) is 0. The lowest BCUT2D eigenvalue weighted by atomic mass is 10.1. The lowest BCUT2D eigenvalue weighted by molar-refractivity contribution is -0.133. The molecular formula is C13H15ClN2O2. The summed E-state index contributed by atoms with van der Waals surface area (Å²) in [5.74, 6) is -0.161. The van der Waals surface area contributed by atoms with Gasteiger partial charge in [-0.15, -0.1) is 0 Å². The van der Waals surface area contributed by atoms with E-state index in [9.17, 15) is 9.59 Å². The molecule has 0 spiro atoms. The molecule has 0 unspecified atom stereocenters. The molecule has 1 heterocycles. The maximum absolute atomic E-state index is 12.3. The quantitative estimate of drug-likeness (QED) is 0.774. The Hall–Kier alpha value is -1.55. The third-order valence-corrected chi connectivity index (χ3v) is 3.65. The van der Waals surface area contributed by atoms with E-state index in [-0.39, 0.29) is 18.4 Å². The first-order chi connectivity index (χ1) is 8.50. The number of nitrogens with zero attached hydrogens (tertiary/aromatic N) is 2. The third kappa shape index (κ3) is 2.34. The summed E-state index contributed by atoms with van der Waals surface area (Å²) in [7, 11) is 1.74. The van der Waals surface area contributed by atoms with E-state index in [1.807, 2.05) is 6.92 Å². The summed E-state index contributed by atoms with van der Waals surface area (Å²) in [4.78, 5) is 27.1. The van der Waals surface area contributed by atoms with Gasteiger partial charge in [0.15, 0.2) is 0 Å². The molecule has 1 aromatic rings. The van der Waals surface area contributed by atoms with Gasteiger partial charge < -0.3 is 9.80 Å². The van der Waals surface area contributed by atoms with Gasteiger partial charge in [-0.1, -0.05) is 17.7 Å². The molecule has 2 rings (SSSR count). The molecule has 0 N–H and O–H groups in total. The van der Waals surface area contributed by atoms with Crippen molar-refractivity contribution in [2.24, 2.45) is 0 Å². The van der Waals surface area contributed by atoms with Crippen molar-refractivity contribution >= 4 is 23.4 Å². The number of amides is 2. The smallest absolute Gasteiger partial charge is 0.254 e. The highest BCUT2D eigenvalue weighted by Gasteiger charge is 2.26. The van der Waals surface area contributed by atoms with E-state index in [4.69, 9.17) is 11.6 Å². The second-order valence-electron chi connectivity index (χ2n) is 4.45. The average molecular weight is 267 g/mol. The molecule has 0 atom stereocenters. The molecule has 0 saturated carbocycles. The standard InChI is InChI=1S/C13H15ClN2O2/c1-9-10(4-3-5-11(9)14)13(18)16-7-6-15(2)12(17)8-16/h3-5H,6-8H2,1-2H3. The summed E-state index contributed by atoms with van der Waals surface area (Å²) < 4.78 is 0. The number of carbonyl (C=O) groups excluding carboxylic acids is 2. The lowest BCUT2D eigenvalue weighted by Gasteiger charge is -2.32. The van der Waals surface area contributed by atoms with Gasteiger partial charge in [-0.2, -0.15) is 0 Å². The van der Waals surface area contributed by atoms with Crippen LogP contribution < -0.4 is 0 Å². The summed E-state index contributed by atoms with van der Waals surface area (Å²) in [6, 6.07) is 5.25. The molecule has 5 heteroatoms. The van der Waals surface area contributed by atoms with Gasteiger partial charge in [0, 0.05) is 30.7 Å². The minimum Gasteiger partial charge on any atom is -0.342 e. The molecule has 0 radical (unpaired) electrons. The van der Waals surface area contributed by atoms with Crippen molar-refractivity contribution in [1.82, 2.24) is 9.80 Å². The van der Waals surface area contributed by atoms with Crippen LogP contribution in [0.25, 0.3) is 0 Å². The molecular weight excluding hydrogens is 252 g/mol. The van der Waals surface area contributed by atoms with Crippen LogP contribution in [0, 0.1) is 6.92 Å². The van der Waals surface area contributed by atoms with Crippen molar-refractivity contribution < 1.29 is 9.59 Å². The van der Waals surface area contributed by atoms with Gasteiger partial charge in [0.2, 0.25) is 5.91 Å². The van der Waals surface area contributed by atoms with Crippen molar-refractivity contribution in [3.8, 4) is 0 Å². The summed E-state index contributed by atoms with van der Waals surface area (Å²) in [6.45, 7) is 3.09. The molecule has 0 aromatic heterocycles. The van der Waals surface area contributed by atoms with Crippen LogP contribution in [-0.4, -0.2) is 48.3 Å². The van der Waals surface area contributed by atoms with E-state index < -0.39 is 0 Å². The summed E-state index contributed by atoms with van der Waals surface area (Å²) in [5, 5.41) is 0.571. The van der Waals surface area contributed by atoms with Crippen LogP contribution in [0.2, 0.25) is 5.02 Å². The molecule has 0 aliphatic carbocycles. The Morgan fingerprint density at radius 3 is 2.72 bits per heavy atom. The topological polar surface area (TPSA) is 40.6 Å². The van der Waals surface area contributed by atoms with E-state index in [0.29, 0.717) is 23.7 Å². The maximum atomic E-state index is 12.3. The fourth-order valence-electron chi connectivity index (χ4n) is 1.94. The van der Waals surface area contributed by atoms with Crippen LogP contribution in [-0.2, 0) is 4.79 Å². The summed E-state index contributed by atoms with van der Waals surface area (Å²) in [5.41, 5.74) is 1.33. The van der Waals surface area contributed by atoms with Crippen LogP contribution >= 0.6 is 11.6 Å². The molecule has 1 fully saturated rings. The van der Waals surface area contributed by atoms with Crippen molar-refractivity contribution in [3.05, 3.63) is 34.3 Å². The molecule has 1 saturated heterocycles. The molecule has 4 nitrogen and oxygen atoms in total. The Bertz CT molecular complexity index is 502. The molecule has 1 aliphatic heterocycles. The van der Waals surface area contributed by atoms with E-state index in [0.717, 1.165) is 5.56 Å². The average Bonchev–Trinajstić information content (AvgIpc) is 2.35. The van der Waals surface area contributed by atoms with Crippen LogP contribution in [0.1, 0.15) is 15.9 Å². The van der Waals surface area contributed by atoms with Crippen LogP contribution in [0.15, 0.2) is 18.2 Å². The zero-order valence-corrected chi connectivity index (χ0v) is 11.2. The Morgan fingerprint density at radius 2 is 2.06 bits per heavy atom. The highest BCUT2D eigenvalue weighted by atomic mass is 35.5. The highest BCUT2D eigenvalue weighted by Crippen LogP contribution is 2.20. The molecule has 0 bridgehead atoms. The molecule has 96 valence electrons. The van der Waals surface area contributed by atoms with Gasteiger partial charge in [-0.3, -0.25) is 9.59 Å². The number of rotatable bonds is 1. The highest BCUT2D eigenvalue weighted by molar-refractivity contribution is 6.31. The van der Waals surface area contributed by atoms with Gasteiger partial charge in [-0.05, 0) is 24.6 Å². The molecule has 1 aliphatic rings. The number of halogens is 1. The SMILES string of the molecule is Cc1c(Cl)cccc1C(=O)N1CCN(C)C(=O)C1. The van der Waals surface area contributed by atoms with Gasteiger partial charge >= 0.3 is 0 Å². The maximum Gasteiger partial charge on any atom is 0.254 e. The normalized spacial score (nSPS) is 16.1. The van der Waals surface area contributed by atoms with Gasteiger partial charge in [0.05, 0.1) is 0 Å². The van der Waals surface area contributed by atoms with Crippen molar-refractivity contribution in [2.75, 3.05) is 26.7 Å². The van der Waals surface area contributed by atoms with Gasteiger partial charge in [0.25, 0.3) is 5.91 Å². The fraction of sp³-hybridized carbons (Fsp3) is 0.385. The minimum absolute atomic E-state index is 0.0331. The van der Waals surface area contributed by atoms with E-state index in [2.05, 4.69) is 0 Å². The van der Waals surface area contributed by atoms with Gasteiger partial charge in [-0.25, -0.2) is 0 Å². The zero-order chi connectivity index (χ0) is 13.3. The van der Waals surface area contributed by atoms with Gasteiger partial charge in [0.1, 0.15) is 6.54 Å². The summed E-state index contributed by atoms with van der Waals surface area (Å²) >= 11 is 6.00. The van der Waals surface area contributed by atoms with Crippen LogP contribution in [0.3, 0.4) is 0 Å². The Labute approximate surface area is 111 Å². The van der Waals surface area contributed by atoms with E-state index >= 15 is 0 Å². The lowest BCUT2D eigenvalue weighted by Crippen LogP contribution is -2.50. The number of carbonyl (C=O) groups is 2. The van der Waals surface area contributed by atoms with Crippen LogP contribution in [0.5, 0.6) is 0 Å². The largest absolute Gasteiger partial charge is 0.342 e. The van der Waals surface area contributed by atoms with E-state index in [1.54, 1.807) is 35.0 Å². The first kappa shape index (κ1) is 12.9. The molecule has 1 aromatic carbocycles. The number of benzene rings is 1. The zero-order valence-electron chi connectivity index (χ0n) is 10.4. The Morgan fingerprint density at radius 1 is 1.33 bits per heavy atom. The number of likely N-dealkylation sites (N-methyl/N-ethyl adjacent to an activating group) is 1. The first-order valence-electron chi connectivity index (χ1n) is 5.79. The minimum atomic E-state index is -0.128.